The smallest absolute Gasteiger partial charge is 0.316 e. The molecule has 3 heteroatoms. The van der Waals surface area contributed by atoms with Crippen molar-refractivity contribution >= 4 is 15.2 Å². The molecule has 2 nitrogen and oxygen atoms in total. The molecule has 0 aromatic carbocycles. The standard InChI is InChI=1S/C15H29O2P/c1-6-15(5,18)13(16)17-14(3,4)12-9-7-11(2)8-10-12/h11-12H,6-10,18H2,1-5H3. The Morgan fingerprint density at radius 2 is 1.72 bits per heavy atom. The zero-order valence-corrected chi connectivity index (χ0v) is 13.7. The topological polar surface area (TPSA) is 26.3 Å². The third-order valence-corrected chi connectivity index (χ3v) is 5.20. The first-order valence-electron chi connectivity index (χ1n) is 7.21. The second-order valence-electron chi connectivity index (χ2n) is 6.72. The molecule has 0 aliphatic heterocycles. The number of esters is 1. The van der Waals surface area contributed by atoms with Crippen molar-refractivity contribution in [2.75, 3.05) is 0 Å². The molecule has 0 saturated heterocycles. The SMILES string of the molecule is CCC(C)(P)C(=O)OC(C)(C)C1CCC(C)CC1. The molecule has 0 heterocycles. The number of carbonyl (C=O) groups is 1. The van der Waals surface area contributed by atoms with Crippen LogP contribution in [0.5, 0.6) is 0 Å². The Balaban J connectivity index is 2.61. The van der Waals surface area contributed by atoms with Crippen molar-refractivity contribution in [2.24, 2.45) is 11.8 Å². The summed E-state index contributed by atoms with van der Waals surface area (Å²) in [5, 5.41) is -0.445. The zero-order valence-electron chi connectivity index (χ0n) is 12.6. The maximum absolute atomic E-state index is 12.2. The van der Waals surface area contributed by atoms with Crippen LogP contribution in [-0.2, 0) is 9.53 Å². The fourth-order valence-corrected chi connectivity index (χ4v) is 2.60. The highest BCUT2D eigenvalue weighted by molar-refractivity contribution is 7.20. The van der Waals surface area contributed by atoms with Gasteiger partial charge in [-0.3, -0.25) is 4.79 Å². The van der Waals surface area contributed by atoms with Gasteiger partial charge in [0.1, 0.15) is 5.60 Å². The summed E-state index contributed by atoms with van der Waals surface area (Å²) in [6.45, 7) is 10.4. The fourth-order valence-electron chi connectivity index (χ4n) is 2.54. The van der Waals surface area contributed by atoms with E-state index in [0.29, 0.717) is 5.92 Å². The lowest BCUT2D eigenvalue weighted by molar-refractivity contribution is -0.166. The van der Waals surface area contributed by atoms with Crippen LogP contribution in [0, 0.1) is 11.8 Å². The molecular weight excluding hydrogens is 243 g/mol. The van der Waals surface area contributed by atoms with E-state index in [1.54, 1.807) is 0 Å². The van der Waals surface area contributed by atoms with Gasteiger partial charge >= 0.3 is 5.97 Å². The number of ether oxygens (including phenoxy) is 1. The van der Waals surface area contributed by atoms with E-state index in [4.69, 9.17) is 4.74 Å². The highest BCUT2D eigenvalue weighted by Gasteiger charge is 2.38. The van der Waals surface area contributed by atoms with Crippen molar-refractivity contribution in [1.82, 2.24) is 0 Å². The first kappa shape index (κ1) is 16.0. The van der Waals surface area contributed by atoms with Crippen molar-refractivity contribution in [3.05, 3.63) is 0 Å². The van der Waals surface area contributed by atoms with Gasteiger partial charge in [-0.2, -0.15) is 0 Å². The molecule has 1 fully saturated rings. The van der Waals surface area contributed by atoms with E-state index in [1.807, 2.05) is 13.8 Å². The number of hydrogen-bond donors (Lipinski definition) is 0. The van der Waals surface area contributed by atoms with E-state index in [0.717, 1.165) is 12.3 Å². The van der Waals surface area contributed by atoms with Gasteiger partial charge in [-0.15, -0.1) is 9.24 Å². The fraction of sp³-hybridized carbons (Fsp3) is 0.933. The van der Waals surface area contributed by atoms with Gasteiger partial charge in [-0.25, -0.2) is 0 Å². The van der Waals surface area contributed by atoms with Gasteiger partial charge in [-0.05, 0) is 51.9 Å². The molecule has 1 aliphatic carbocycles. The van der Waals surface area contributed by atoms with E-state index >= 15 is 0 Å². The third-order valence-electron chi connectivity index (χ3n) is 4.56. The third kappa shape index (κ3) is 3.95. The molecular formula is C15H29O2P. The highest BCUT2D eigenvalue weighted by atomic mass is 31.0. The van der Waals surface area contributed by atoms with Gasteiger partial charge in [0, 0.05) is 0 Å². The molecule has 18 heavy (non-hydrogen) atoms. The minimum absolute atomic E-state index is 0.0846. The quantitative estimate of drug-likeness (QED) is 0.567. The summed E-state index contributed by atoms with van der Waals surface area (Å²) in [6.07, 6.45) is 5.67. The maximum Gasteiger partial charge on any atom is 0.316 e. The lowest BCUT2D eigenvalue weighted by atomic mass is 9.75. The van der Waals surface area contributed by atoms with Crippen LogP contribution in [-0.4, -0.2) is 16.7 Å². The Kier molecular flexibility index (Phi) is 5.23. The average Bonchev–Trinajstić information content (AvgIpc) is 2.29. The lowest BCUT2D eigenvalue weighted by Crippen LogP contribution is -2.43. The van der Waals surface area contributed by atoms with Gasteiger partial charge in [0.2, 0.25) is 0 Å². The van der Waals surface area contributed by atoms with Crippen molar-refractivity contribution in [3.63, 3.8) is 0 Å². The summed E-state index contributed by atoms with van der Waals surface area (Å²) in [7, 11) is 2.63. The van der Waals surface area contributed by atoms with E-state index in [9.17, 15) is 4.79 Å². The molecule has 0 N–H and O–H groups in total. The summed E-state index contributed by atoms with van der Waals surface area (Å²) in [4.78, 5) is 12.2. The molecule has 1 saturated carbocycles. The number of carbonyl (C=O) groups excluding carboxylic acids is 1. The normalized spacial score (nSPS) is 28.6. The Bertz CT molecular complexity index is 289. The molecule has 0 radical (unpaired) electrons. The summed E-state index contributed by atoms with van der Waals surface area (Å²) < 4.78 is 5.81. The van der Waals surface area contributed by atoms with Crippen LogP contribution in [0.15, 0.2) is 0 Å². The minimum atomic E-state index is -0.445. The first-order chi connectivity index (χ1) is 8.19. The van der Waals surface area contributed by atoms with Gasteiger partial charge in [0.05, 0.1) is 5.16 Å². The predicted octanol–water partition coefficient (Wildman–Crippen LogP) is 4.18. The summed E-state index contributed by atoms with van der Waals surface area (Å²) >= 11 is 0. The molecule has 0 aromatic heterocycles. The second kappa shape index (κ2) is 5.90. The number of hydrogen-bond acceptors (Lipinski definition) is 2. The number of rotatable bonds is 4. The van der Waals surface area contributed by atoms with Crippen LogP contribution in [0.4, 0.5) is 0 Å². The molecule has 2 unspecified atom stereocenters. The van der Waals surface area contributed by atoms with Gasteiger partial charge in [0.15, 0.2) is 0 Å². The Hall–Kier alpha value is -0.100. The van der Waals surface area contributed by atoms with E-state index in [2.05, 4.69) is 30.0 Å². The lowest BCUT2D eigenvalue weighted by Gasteiger charge is -2.39. The van der Waals surface area contributed by atoms with Gasteiger partial charge in [0.25, 0.3) is 0 Å². The van der Waals surface area contributed by atoms with Gasteiger partial charge in [-0.1, -0.05) is 26.7 Å². The zero-order chi connectivity index (χ0) is 14.0. The predicted molar refractivity (Wildman–Crippen MR) is 79.7 cm³/mol. The summed E-state index contributed by atoms with van der Waals surface area (Å²) in [5.41, 5.74) is -0.329. The van der Waals surface area contributed by atoms with Crippen molar-refractivity contribution in [3.8, 4) is 0 Å². The second-order valence-corrected chi connectivity index (χ2v) is 8.00. The minimum Gasteiger partial charge on any atom is -0.459 e. The molecule has 106 valence electrons. The van der Waals surface area contributed by atoms with Crippen molar-refractivity contribution < 1.29 is 9.53 Å². The highest BCUT2D eigenvalue weighted by Crippen LogP contribution is 2.38. The largest absolute Gasteiger partial charge is 0.459 e. The van der Waals surface area contributed by atoms with Crippen LogP contribution < -0.4 is 0 Å². The molecule has 1 rings (SSSR count). The van der Waals surface area contributed by atoms with Crippen LogP contribution >= 0.6 is 9.24 Å². The average molecular weight is 272 g/mol. The molecule has 0 amide bonds. The summed E-state index contributed by atoms with van der Waals surface area (Å²) in [6, 6.07) is 0. The molecule has 0 bridgehead atoms. The van der Waals surface area contributed by atoms with E-state index in [1.165, 1.54) is 25.7 Å². The van der Waals surface area contributed by atoms with Crippen LogP contribution in [0.1, 0.15) is 66.7 Å². The first-order valence-corrected chi connectivity index (χ1v) is 7.79. The Labute approximate surface area is 114 Å². The molecule has 2 atom stereocenters. The van der Waals surface area contributed by atoms with Crippen LogP contribution in [0.3, 0.4) is 0 Å². The van der Waals surface area contributed by atoms with Crippen LogP contribution in [0.25, 0.3) is 0 Å². The van der Waals surface area contributed by atoms with Gasteiger partial charge < -0.3 is 4.74 Å². The van der Waals surface area contributed by atoms with E-state index < -0.39 is 5.16 Å². The molecule has 0 spiro atoms. The molecule has 0 aromatic rings. The molecule has 1 aliphatic rings. The van der Waals surface area contributed by atoms with Crippen LogP contribution in [0.2, 0.25) is 0 Å². The Morgan fingerprint density at radius 3 is 2.17 bits per heavy atom. The Morgan fingerprint density at radius 1 is 1.22 bits per heavy atom. The monoisotopic (exact) mass is 272 g/mol. The summed E-state index contributed by atoms with van der Waals surface area (Å²) in [5.74, 6) is 1.25. The van der Waals surface area contributed by atoms with Crippen molar-refractivity contribution in [1.29, 1.82) is 0 Å². The van der Waals surface area contributed by atoms with Crippen molar-refractivity contribution in [2.45, 2.75) is 77.5 Å². The maximum atomic E-state index is 12.2. The van der Waals surface area contributed by atoms with E-state index in [-0.39, 0.29) is 11.6 Å².